The van der Waals surface area contributed by atoms with Gasteiger partial charge in [0.15, 0.2) is 5.82 Å². The van der Waals surface area contributed by atoms with E-state index in [4.69, 9.17) is 0 Å². The summed E-state index contributed by atoms with van der Waals surface area (Å²) in [5.41, 5.74) is 3.27. The lowest BCUT2D eigenvalue weighted by Crippen LogP contribution is -2.05. The van der Waals surface area contributed by atoms with Crippen LogP contribution in [0.15, 0.2) is 36.7 Å². The van der Waals surface area contributed by atoms with Crippen LogP contribution in [0.25, 0.3) is 5.65 Å². The van der Waals surface area contributed by atoms with E-state index in [9.17, 15) is 0 Å². The van der Waals surface area contributed by atoms with E-state index in [-0.39, 0.29) is 0 Å². The molecule has 1 aromatic carbocycles. The Morgan fingerprint density at radius 1 is 1.16 bits per heavy atom. The average Bonchev–Trinajstić information content (AvgIpc) is 2.81. The minimum atomic E-state index is 0.727. The van der Waals surface area contributed by atoms with Crippen molar-refractivity contribution in [2.75, 3.05) is 5.32 Å². The Bertz CT molecular complexity index is 717. The summed E-state index contributed by atoms with van der Waals surface area (Å²) in [6.45, 7) is 4.75. The number of nitrogens with zero attached hydrogens (tertiary/aromatic N) is 4. The Labute approximate surface area is 111 Å². The Morgan fingerprint density at radius 2 is 2.00 bits per heavy atom. The van der Waals surface area contributed by atoms with E-state index >= 15 is 0 Å². The molecule has 0 atom stereocenters. The molecule has 0 fully saturated rings. The van der Waals surface area contributed by atoms with Crippen LogP contribution >= 0.6 is 0 Å². The zero-order chi connectivity index (χ0) is 13.2. The lowest BCUT2D eigenvalue weighted by atomic mass is 10.1. The summed E-state index contributed by atoms with van der Waals surface area (Å²) >= 11 is 0. The van der Waals surface area contributed by atoms with E-state index in [2.05, 4.69) is 39.6 Å². The summed E-state index contributed by atoms with van der Waals surface area (Å²) in [5, 5.41) is 11.5. The topological polar surface area (TPSA) is 55.1 Å². The maximum Gasteiger partial charge on any atom is 0.203 e. The first-order valence-corrected chi connectivity index (χ1v) is 6.20. The second-order valence-corrected chi connectivity index (χ2v) is 4.50. The third-order valence-corrected chi connectivity index (χ3v) is 3.20. The number of hydrogen-bond donors (Lipinski definition) is 1. The molecule has 0 spiro atoms. The first-order chi connectivity index (χ1) is 9.25. The van der Waals surface area contributed by atoms with E-state index in [0.717, 1.165) is 23.8 Å². The molecule has 0 saturated heterocycles. The van der Waals surface area contributed by atoms with Gasteiger partial charge in [0.1, 0.15) is 5.82 Å². The standard InChI is InChI=1S/C14H15N5/c1-10-5-3-4-6-12(10)9-16-13-14-18-17-11(2)19(14)8-7-15-13/h3-8H,9H2,1-2H3,(H,15,16). The smallest absolute Gasteiger partial charge is 0.203 e. The highest BCUT2D eigenvalue weighted by molar-refractivity contribution is 5.62. The van der Waals surface area contributed by atoms with Gasteiger partial charge < -0.3 is 5.32 Å². The molecule has 0 aliphatic rings. The first kappa shape index (κ1) is 11.6. The normalized spacial score (nSPS) is 10.8. The molecule has 0 saturated carbocycles. The molecule has 0 unspecified atom stereocenters. The molecule has 3 aromatic rings. The molecule has 0 aliphatic heterocycles. The van der Waals surface area contributed by atoms with Gasteiger partial charge in [0.2, 0.25) is 5.65 Å². The first-order valence-electron chi connectivity index (χ1n) is 6.20. The molecule has 2 aromatic heterocycles. The van der Waals surface area contributed by atoms with E-state index in [1.807, 2.05) is 29.7 Å². The quantitative estimate of drug-likeness (QED) is 0.778. The summed E-state index contributed by atoms with van der Waals surface area (Å²) in [7, 11) is 0. The largest absolute Gasteiger partial charge is 0.363 e. The molecule has 0 amide bonds. The van der Waals surface area contributed by atoms with Crippen LogP contribution in [0.1, 0.15) is 17.0 Å². The molecule has 3 rings (SSSR count). The van der Waals surface area contributed by atoms with Crippen molar-refractivity contribution in [1.82, 2.24) is 19.6 Å². The van der Waals surface area contributed by atoms with Crippen molar-refractivity contribution < 1.29 is 0 Å². The number of aryl methyl sites for hydroxylation is 2. The van der Waals surface area contributed by atoms with Crippen LogP contribution in [0.2, 0.25) is 0 Å². The minimum absolute atomic E-state index is 0.727. The number of fused-ring (bicyclic) bond motifs is 1. The molecular weight excluding hydrogens is 238 g/mol. The van der Waals surface area contributed by atoms with Gasteiger partial charge in [-0.05, 0) is 25.0 Å². The van der Waals surface area contributed by atoms with Gasteiger partial charge in [0.25, 0.3) is 0 Å². The number of anilines is 1. The van der Waals surface area contributed by atoms with Crippen molar-refractivity contribution in [2.45, 2.75) is 20.4 Å². The summed E-state index contributed by atoms with van der Waals surface area (Å²) in [5.74, 6) is 1.61. The highest BCUT2D eigenvalue weighted by Crippen LogP contribution is 2.14. The maximum atomic E-state index is 4.33. The number of benzene rings is 1. The summed E-state index contributed by atoms with van der Waals surface area (Å²) in [4.78, 5) is 4.33. The molecule has 96 valence electrons. The molecule has 5 nitrogen and oxygen atoms in total. The number of nitrogens with one attached hydrogen (secondary N) is 1. The zero-order valence-electron chi connectivity index (χ0n) is 11.0. The van der Waals surface area contributed by atoms with Crippen molar-refractivity contribution in [2.24, 2.45) is 0 Å². The van der Waals surface area contributed by atoms with Gasteiger partial charge in [0, 0.05) is 18.9 Å². The predicted octanol–water partition coefficient (Wildman–Crippen LogP) is 2.35. The Kier molecular flexibility index (Phi) is 2.87. The Balaban J connectivity index is 1.88. The fourth-order valence-corrected chi connectivity index (χ4v) is 2.05. The summed E-state index contributed by atoms with van der Waals surface area (Å²) < 4.78 is 1.92. The van der Waals surface area contributed by atoms with E-state index in [1.165, 1.54) is 11.1 Å². The van der Waals surface area contributed by atoms with Crippen LogP contribution in [0.3, 0.4) is 0 Å². The summed E-state index contributed by atoms with van der Waals surface area (Å²) in [6, 6.07) is 8.29. The third kappa shape index (κ3) is 2.14. The molecule has 5 heteroatoms. The van der Waals surface area contributed by atoms with Crippen LogP contribution in [0.4, 0.5) is 5.82 Å². The van der Waals surface area contributed by atoms with Crippen molar-refractivity contribution in [1.29, 1.82) is 0 Å². The predicted molar refractivity (Wildman–Crippen MR) is 74.0 cm³/mol. The number of rotatable bonds is 3. The fraction of sp³-hybridized carbons (Fsp3) is 0.214. The Morgan fingerprint density at radius 3 is 2.84 bits per heavy atom. The second-order valence-electron chi connectivity index (χ2n) is 4.50. The van der Waals surface area contributed by atoms with Crippen molar-refractivity contribution >= 4 is 11.5 Å². The Hall–Kier alpha value is -2.43. The van der Waals surface area contributed by atoms with Crippen LogP contribution in [-0.4, -0.2) is 19.6 Å². The van der Waals surface area contributed by atoms with Crippen molar-refractivity contribution in [3.8, 4) is 0 Å². The number of hydrogen-bond acceptors (Lipinski definition) is 4. The van der Waals surface area contributed by atoms with Gasteiger partial charge in [-0.3, -0.25) is 4.40 Å². The highest BCUT2D eigenvalue weighted by Gasteiger charge is 2.07. The molecule has 2 heterocycles. The van der Waals surface area contributed by atoms with E-state index in [0.29, 0.717) is 0 Å². The minimum Gasteiger partial charge on any atom is -0.363 e. The number of aromatic nitrogens is 4. The third-order valence-electron chi connectivity index (χ3n) is 3.20. The monoisotopic (exact) mass is 253 g/mol. The maximum absolute atomic E-state index is 4.33. The van der Waals surface area contributed by atoms with Gasteiger partial charge in [0.05, 0.1) is 0 Å². The van der Waals surface area contributed by atoms with Crippen molar-refractivity contribution in [3.05, 3.63) is 53.6 Å². The van der Waals surface area contributed by atoms with Gasteiger partial charge in [-0.15, -0.1) is 10.2 Å². The van der Waals surface area contributed by atoms with Crippen LogP contribution in [-0.2, 0) is 6.54 Å². The molecule has 0 aliphatic carbocycles. The lowest BCUT2D eigenvalue weighted by Gasteiger charge is -2.08. The van der Waals surface area contributed by atoms with Crippen molar-refractivity contribution in [3.63, 3.8) is 0 Å². The zero-order valence-corrected chi connectivity index (χ0v) is 11.0. The van der Waals surface area contributed by atoms with Crippen LogP contribution < -0.4 is 5.32 Å². The van der Waals surface area contributed by atoms with E-state index in [1.54, 1.807) is 6.20 Å². The molecule has 1 N–H and O–H groups in total. The summed E-state index contributed by atoms with van der Waals surface area (Å²) in [6.07, 6.45) is 3.62. The van der Waals surface area contributed by atoms with Crippen LogP contribution in [0.5, 0.6) is 0 Å². The molecule has 0 bridgehead atoms. The molecular formula is C14H15N5. The lowest BCUT2D eigenvalue weighted by molar-refractivity contribution is 0.999. The average molecular weight is 253 g/mol. The van der Waals surface area contributed by atoms with E-state index < -0.39 is 0 Å². The molecule has 0 radical (unpaired) electrons. The molecule has 19 heavy (non-hydrogen) atoms. The van der Waals surface area contributed by atoms with Gasteiger partial charge in [-0.25, -0.2) is 4.98 Å². The van der Waals surface area contributed by atoms with Gasteiger partial charge in [-0.1, -0.05) is 24.3 Å². The fourth-order valence-electron chi connectivity index (χ4n) is 2.05. The van der Waals surface area contributed by atoms with Gasteiger partial charge >= 0.3 is 0 Å². The highest BCUT2D eigenvalue weighted by atomic mass is 15.3. The second kappa shape index (κ2) is 4.68. The SMILES string of the molecule is Cc1ccccc1CNc1nccn2c(C)nnc12. The van der Waals surface area contributed by atoms with Gasteiger partial charge in [-0.2, -0.15) is 0 Å². The van der Waals surface area contributed by atoms with Crippen LogP contribution in [0, 0.1) is 13.8 Å².